The first-order valence-electron chi connectivity index (χ1n) is 5.41. The number of nitrogens with one attached hydrogen (secondary N) is 1. The van der Waals surface area contributed by atoms with Crippen LogP contribution in [-0.4, -0.2) is 24.2 Å². The quantitative estimate of drug-likeness (QED) is 0.798. The SMILES string of the molecule is CNC(C(=O)O)C(C)(C)Cc1ccccc1. The highest BCUT2D eigenvalue weighted by molar-refractivity contribution is 5.74. The Bertz CT molecular complexity index is 346. The summed E-state index contributed by atoms with van der Waals surface area (Å²) in [5.74, 6) is -0.802. The third-order valence-corrected chi connectivity index (χ3v) is 2.82. The summed E-state index contributed by atoms with van der Waals surface area (Å²) in [6.07, 6.45) is 0.742. The van der Waals surface area contributed by atoms with E-state index in [0.717, 1.165) is 12.0 Å². The van der Waals surface area contributed by atoms with Crippen LogP contribution in [0, 0.1) is 5.41 Å². The Hall–Kier alpha value is -1.35. The molecule has 1 unspecified atom stereocenters. The molecule has 1 rings (SSSR count). The molecule has 2 N–H and O–H groups in total. The minimum Gasteiger partial charge on any atom is -0.480 e. The second-order valence-electron chi connectivity index (χ2n) is 4.71. The Labute approximate surface area is 96.5 Å². The molecule has 0 bridgehead atoms. The molecule has 3 heteroatoms. The zero-order chi connectivity index (χ0) is 12.2. The Morgan fingerprint density at radius 3 is 2.38 bits per heavy atom. The van der Waals surface area contributed by atoms with Gasteiger partial charge in [-0.3, -0.25) is 4.79 Å². The molecule has 0 aliphatic carbocycles. The van der Waals surface area contributed by atoms with Crippen molar-refractivity contribution in [3.8, 4) is 0 Å². The van der Waals surface area contributed by atoms with Crippen molar-refractivity contribution >= 4 is 5.97 Å². The van der Waals surface area contributed by atoms with Gasteiger partial charge in [0, 0.05) is 0 Å². The zero-order valence-corrected chi connectivity index (χ0v) is 10.0. The lowest BCUT2D eigenvalue weighted by molar-refractivity contribution is -0.142. The van der Waals surface area contributed by atoms with Crippen molar-refractivity contribution < 1.29 is 9.90 Å². The van der Waals surface area contributed by atoms with Gasteiger partial charge in [-0.25, -0.2) is 0 Å². The average molecular weight is 221 g/mol. The van der Waals surface area contributed by atoms with E-state index < -0.39 is 12.0 Å². The summed E-state index contributed by atoms with van der Waals surface area (Å²) in [5.41, 5.74) is 0.844. The molecule has 0 aromatic heterocycles. The fourth-order valence-electron chi connectivity index (χ4n) is 2.07. The molecule has 16 heavy (non-hydrogen) atoms. The third-order valence-electron chi connectivity index (χ3n) is 2.82. The number of carbonyl (C=O) groups is 1. The molecule has 0 amide bonds. The van der Waals surface area contributed by atoms with E-state index in [4.69, 9.17) is 5.11 Å². The van der Waals surface area contributed by atoms with Crippen LogP contribution in [0.25, 0.3) is 0 Å². The molecule has 0 heterocycles. The molecular weight excluding hydrogens is 202 g/mol. The van der Waals surface area contributed by atoms with Gasteiger partial charge in [0.1, 0.15) is 6.04 Å². The Balaban J connectivity index is 2.81. The van der Waals surface area contributed by atoms with Crippen LogP contribution in [0.15, 0.2) is 30.3 Å². The first kappa shape index (κ1) is 12.7. The number of carboxylic acids is 1. The molecule has 1 atom stereocenters. The highest BCUT2D eigenvalue weighted by atomic mass is 16.4. The number of hydrogen-bond acceptors (Lipinski definition) is 2. The predicted octanol–water partition coefficient (Wildman–Crippen LogP) is 1.93. The normalized spacial score (nSPS) is 13.4. The Morgan fingerprint density at radius 1 is 1.38 bits per heavy atom. The molecule has 0 radical (unpaired) electrons. The van der Waals surface area contributed by atoms with Gasteiger partial charge in [-0.15, -0.1) is 0 Å². The molecular formula is C13H19NO2. The highest BCUT2D eigenvalue weighted by Gasteiger charge is 2.33. The van der Waals surface area contributed by atoms with E-state index in [1.165, 1.54) is 0 Å². The minimum absolute atomic E-state index is 0.318. The Kier molecular flexibility index (Phi) is 4.07. The van der Waals surface area contributed by atoms with Crippen molar-refractivity contribution in [2.45, 2.75) is 26.3 Å². The lowest BCUT2D eigenvalue weighted by atomic mass is 9.79. The van der Waals surface area contributed by atoms with Gasteiger partial charge in [0.2, 0.25) is 0 Å². The maximum absolute atomic E-state index is 11.1. The lowest BCUT2D eigenvalue weighted by Gasteiger charge is -2.31. The van der Waals surface area contributed by atoms with Gasteiger partial charge in [-0.2, -0.15) is 0 Å². The van der Waals surface area contributed by atoms with E-state index in [9.17, 15) is 4.79 Å². The first-order chi connectivity index (χ1) is 7.47. The number of rotatable bonds is 5. The van der Waals surface area contributed by atoms with Crippen molar-refractivity contribution in [3.63, 3.8) is 0 Å². The van der Waals surface area contributed by atoms with Crippen molar-refractivity contribution in [3.05, 3.63) is 35.9 Å². The number of hydrogen-bond donors (Lipinski definition) is 2. The average Bonchev–Trinajstić information content (AvgIpc) is 2.18. The van der Waals surface area contributed by atoms with Crippen molar-refractivity contribution in [2.75, 3.05) is 7.05 Å². The summed E-state index contributed by atoms with van der Waals surface area (Å²) in [6, 6.07) is 9.42. The van der Waals surface area contributed by atoms with Crippen molar-refractivity contribution in [2.24, 2.45) is 5.41 Å². The standard InChI is InChI=1S/C13H19NO2/c1-13(2,11(14-3)12(15)16)9-10-7-5-4-6-8-10/h4-8,11,14H,9H2,1-3H3,(H,15,16). The topological polar surface area (TPSA) is 49.3 Å². The fourth-order valence-corrected chi connectivity index (χ4v) is 2.07. The van der Waals surface area contributed by atoms with Crippen molar-refractivity contribution in [1.82, 2.24) is 5.32 Å². The molecule has 0 spiro atoms. The second kappa shape index (κ2) is 5.12. The van der Waals surface area contributed by atoms with E-state index >= 15 is 0 Å². The first-order valence-corrected chi connectivity index (χ1v) is 5.41. The van der Waals surface area contributed by atoms with Gasteiger partial charge in [0.15, 0.2) is 0 Å². The third kappa shape index (κ3) is 3.07. The summed E-state index contributed by atoms with van der Waals surface area (Å²) >= 11 is 0. The van der Waals surface area contributed by atoms with E-state index in [0.29, 0.717) is 0 Å². The van der Waals surface area contributed by atoms with Crippen LogP contribution < -0.4 is 5.32 Å². The monoisotopic (exact) mass is 221 g/mol. The van der Waals surface area contributed by atoms with Crippen LogP contribution in [0.1, 0.15) is 19.4 Å². The smallest absolute Gasteiger partial charge is 0.321 e. The summed E-state index contributed by atoms with van der Waals surface area (Å²) < 4.78 is 0. The number of aliphatic carboxylic acids is 1. The molecule has 1 aromatic rings. The van der Waals surface area contributed by atoms with E-state index in [-0.39, 0.29) is 5.41 Å². The lowest BCUT2D eigenvalue weighted by Crippen LogP contribution is -2.47. The van der Waals surface area contributed by atoms with Gasteiger partial charge in [-0.05, 0) is 24.4 Å². The molecule has 1 aromatic carbocycles. The maximum Gasteiger partial charge on any atom is 0.321 e. The van der Waals surface area contributed by atoms with E-state index in [2.05, 4.69) is 5.32 Å². The molecule has 0 aliphatic heterocycles. The van der Waals surface area contributed by atoms with Crippen molar-refractivity contribution in [1.29, 1.82) is 0 Å². The van der Waals surface area contributed by atoms with Crippen LogP contribution in [0.5, 0.6) is 0 Å². The van der Waals surface area contributed by atoms with Gasteiger partial charge < -0.3 is 10.4 Å². The number of likely N-dealkylation sites (N-methyl/N-ethyl adjacent to an activating group) is 1. The van der Waals surface area contributed by atoms with Gasteiger partial charge >= 0.3 is 5.97 Å². The molecule has 88 valence electrons. The minimum atomic E-state index is -0.802. The number of benzene rings is 1. The van der Waals surface area contributed by atoms with Crippen LogP contribution in [0.3, 0.4) is 0 Å². The summed E-state index contributed by atoms with van der Waals surface area (Å²) in [4.78, 5) is 11.1. The van der Waals surface area contributed by atoms with Crippen LogP contribution in [0.4, 0.5) is 0 Å². The molecule has 3 nitrogen and oxygen atoms in total. The summed E-state index contributed by atoms with van der Waals surface area (Å²) in [7, 11) is 1.69. The van der Waals surface area contributed by atoms with Crippen LogP contribution in [0.2, 0.25) is 0 Å². The van der Waals surface area contributed by atoms with Crippen LogP contribution >= 0.6 is 0 Å². The van der Waals surface area contributed by atoms with Gasteiger partial charge in [0.05, 0.1) is 0 Å². The van der Waals surface area contributed by atoms with E-state index in [1.807, 2.05) is 44.2 Å². The second-order valence-corrected chi connectivity index (χ2v) is 4.71. The fraction of sp³-hybridized carbons (Fsp3) is 0.462. The number of carboxylic acid groups (broad SMARTS) is 1. The Morgan fingerprint density at radius 2 is 1.94 bits per heavy atom. The molecule has 0 aliphatic rings. The maximum atomic E-state index is 11.1. The molecule has 0 saturated carbocycles. The summed E-state index contributed by atoms with van der Waals surface area (Å²) in [6.45, 7) is 3.94. The highest BCUT2D eigenvalue weighted by Crippen LogP contribution is 2.26. The van der Waals surface area contributed by atoms with Crippen LogP contribution in [-0.2, 0) is 11.2 Å². The molecule has 0 saturated heterocycles. The zero-order valence-electron chi connectivity index (χ0n) is 10.0. The van der Waals surface area contributed by atoms with E-state index in [1.54, 1.807) is 7.05 Å². The van der Waals surface area contributed by atoms with Gasteiger partial charge in [0.25, 0.3) is 0 Å². The molecule has 0 fully saturated rings. The van der Waals surface area contributed by atoms with Gasteiger partial charge in [-0.1, -0.05) is 44.2 Å². The summed E-state index contributed by atoms with van der Waals surface area (Å²) in [5, 5.41) is 12.0. The largest absolute Gasteiger partial charge is 0.480 e. The predicted molar refractivity (Wildman–Crippen MR) is 64.4 cm³/mol.